The Labute approximate surface area is 352 Å². The fraction of sp³-hybridized carbons (Fsp3) is 0.864. The van der Waals surface area contributed by atoms with E-state index in [0.29, 0.717) is 12.8 Å². The molecule has 15 heteroatoms. The van der Waals surface area contributed by atoms with Gasteiger partial charge in [-0.25, -0.2) is 0 Å². The van der Waals surface area contributed by atoms with Crippen LogP contribution in [0.25, 0.3) is 0 Å². The van der Waals surface area contributed by atoms with Crippen molar-refractivity contribution in [3.8, 4) is 0 Å². The fourth-order valence-corrected chi connectivity index (χ4v) is 9.73. The molecule has 0 aliphatic carbocycles. The Morgan fingerprint density at radius 3 is 2.03 bits per heavy atom. The molecule has 0 saturated carbocycles. The molecule has 0 aromatic rings. The summed E-state index contributed by atoms with van der Waals surface area (Å²) in [6.45, 7) is 21.0. The van der Waals surface area contributed by atoms with E-state index in [1.807, 2.05) is 73.5 Å². The van der Waals surface area contributed by atoms with Crippen molar-refractivity contribution in [3.05, 3.63) is 11.6 Å². The van der Waals surface area contributed by atoms with E-state index in [1.54, 1.807) is 27.9 Å². The van der Waals surface area contributed by atoms with Crippen LogP contribution in [0, 0.1) is 23.7 Å². The lowest BCUT2D eigenvalue weighted by Gasteiger charge is -2.50. The average Bonchev–Trinajstić information content (AvgIpc) is 3.14. The van der Waals surface area contributed by atoms with Gasteiger partial charge in [-0.1, -0.05) is 32.4 Å². The van der Waals surface area contributed by atoms with Gasteiger partial charge in [0.2, 0.25) is 0 Å². The van der Waals surface area contributed by atoms with Crippen LogP contribution >= 0.6 is 0 Å². The van der Waals surface area contributed by atoms with Crippen LogP contribution in [0.4, 0.5) is 0 Å². The Morgan fingerprint density at radius 1 is 0.915 bits per heavy atom. The molecule has 1 N–H and O–H groups in total. The van der Waals surface area contributed by atoms with Crippen LogP contribution < -0.4 is 0 Å². The first kappa shape index (κ1) is 50.9. The molecule has 3 rings (SSSR count). The fourth-order valence-electron chi connectivity index (χ4n) is 9.73. The van der Waals surface area contributed by atoms with Gasteiger partial charge in [-0.15, -0.1) is 0 Å². The van der Waals surface area contributed by atoms with Crippen molar-refractivity contribution in [1.29, 1.82) is 0 Å². The highest BCUT2D eigenvalue weighted by molar-refractivity contribution is 5.73. The van der Waals surface area contributed by atoms with Gasteiger partial charge < -0.3 is 57.4 Å². The number of hydrogen-bond donors (Lipinski definition) is 1. The number of methoxy groups -OCH3 is 2. The Hall–Kier alpha value is -2.50. The van der Waals surface area contributed by atoms with E-state index in [-0.39, 0.29) is 37.3 Å². The van der Waals surface area contributed by atoms with Crippen molar-refractivity contribution in [2.24, 2.45) is 23.7 Å². The van der Waals surface area contributed by atoms with Crippen LogP contribution in [-0.4, -0.2) is 141 Å². The van der Waals surface area contributed by atoms with Crippen LogP contribution in [0.3, 0.4) is 0 Å². The van der Waals surface area contributed by atoms with Crippen molar-refractivity contribution < 1.29 is 66.9 Å². The van der Waals surface area contributed by atoms with Gasteiger partial charge in [0.15, 0.2) is 24.8 Å². The second kappa shape index (κ2) is 21.0. The number of allylic oxidation sites excluding steroid dienone is 1. The molecule has 0 radical (unpaired) electrons. The first-order chi connectivity index (χ1) is 27.4. The minimum atomic E-state index is -1.61. The minimum absolute atomic E-state index is 0.00724. The third kappa shape index (κ3) is 12.1. The molecule has 3 heterocycles. The lowest BCUT2D eigenvalue weighted by atomic mass is 9.74. The predicted octanol–water partition coefficient (Wildman–Crippen LogP) is 5.17. The molecule has 340 valence electrons. The lowest BCUT2D eigenvalue weighted by molar-refractivity contribution is -0.320. The smallest absolute Gasteiger partial charge is 0.311 e. The Bertz CT molecular complexity index is 1450. The molecule has 2 fully saturated rings. The molecule has 3 aliphatic rings. The summed E-state index contributed by atoms with van der Waals surface area (Å²) in [7, 11) is 6.95. The normalized spacial score (nSPS) is 43.8. The molecule has 17 atom stereocenters. The van der Waals surface area contributed by atoms with Crippen molar-refractivity contribution >= 4 is 24.2 Å². The van der Waals surface area contributed by atoms with E-state index in [1.165, 1.54) is 21.0 Å². The number of cyclic esters (lactones) is 1. The number of esters is 3. The molecule has 0 spiro atoms. The van der Waals surface area contributed by atoms with E-state index in [0.717, 1.165) is 11.9 Å². The van der Waals surface area contributed by atoms with Gasteiger partial charge in [-0.05, 0) is 87.7 Å². The molecular weight excluding hydrogens is 766 g/mol. The highest BCUT2D eigenvalue weighted by atomic mass is 16.7. The summed E-state index contributed by atoms with van der Waals surface area (Å²) in [5.41, 5.74) is -2.97. The van der Waals surface area contributed by atoms with E-state index < -0.39 is 102 Å². The SMILES string of the molecule is CC[C@H]1OC(=O)[C@H](C)[C@@H](O[C@H]2C[C@@](C)(OC)[C@@H](OC(C)=O)[C@H](C)O2)[C@H](C)[C@@H](O[C@@H]2O[C@H](C)C[C@H](N(C)C)[C@H]2OC(C)=O)[C@](C)(OC)C[C@@H](C)/C=C(/C)[C@@H](CC=O)[C@]1(C)O. The lowest BCUT2D eigenvalue weighted by Crippen LogP contribution is -2.61. The highest BCUT2D eigenvalue weighted by Gasteiger charge is 2.54. The van der Waals surface area contributed by atoms with Crippen molar-refractivity contribution in [3.63, 3.8) is 0 Å². The van der Waals surface area contributed by atoms with Gasteiger partial charge in [0, 0.05) is 52.7 Å². The molecule has 59 heavy (non-hydrogen) atoms. The van der Waals surface area contributed by atoms with E-state index >= 15 is 0 Å². The standard InChI is InChI=1S/C44H75NO14/c1-17-34-44(12,50)32(18-19-46)25(3)20-24(2)22-42(10,51-15)38(59-41-37(55-30(8)47)33(45(13)14)21-26(4)53-41)27(5)36(28(6)40(49)57-34)58-35-23-43(11,52-16)39(29(7)54-35)56-31(9)48/h19-20,24,26-29,32-39,41,50H,17-18,21-23H2,1-16H3/b25-20-/t24-,26+,27-,28+,29-,32+,33-,34+,35-,36-,37+,38+,39-,41-,42+,43+,44-/m0/s1. The molecule has 3 aliphatic heterocycles. The molecule has 0 aromatic heterocycles. The Morgan fingerprint density at radius 2 is 1.51 bits per heavy atom. The summed E-state index contributed by atoms with van der Waals surface area (Å²) in [5.74, 6) is -4.14. The number of aldehydes is 1. The van der Waals surface area contributed by atoms with Crippen LogP contribution in [0.1, 0.15) is 115 Å². The molecule has 2 saturated heterocycles. The van der Waals surface area contributed by atoms with Gasteiger partial charge in [0.05, 0.1) is 42.0 Å². The highest BCUT2D eigenvalue weighted by Crippen LogP contribution is 2.43. The molecule has 0 bridgehead atoms. The van der Waals surface area contributed by atoms with Gasteiger partial charge in [0.25, 0.3) is 0 Å². The molecule has 0 unspecified atom stereocenters. The number of likely N-dealkylation sites (N-methyl/N-ethyl adjacent to an activating group) is 1. The summed E-state index contributed by atoms with van der Waals surface area (Å²) >= 11 is 0. The quantitative estimate of drug-likeness (QED) is 0.118. The Balaban J connectivity index is 2.30. The average molecular weight is 842 g/mol. The predicted molar refractivity (Wildman–Crippen MR) is 218 cm³/mol. The van der Waals surface area contributed by atoms with Crippen molar-refractivity contribution in [2.45, 2.75) is 193 Å². The number of carbonyl (C=O) groups excluding carboxylic acids is 4. The monoisotopic (exact) mass is 842 g/mol. The summed E-state index contributed by atoms with van der Waals surface area (Å²) < 4.78 is 57.2. The Kier molecular flexibility index (Phi) is 18.1. The third-order valence-electron chi connectivity index (χ3n) is 12.9. The second-order valence-corrected chi connectivity index (χ2v) is 18.1. The zero-order valence-corrected chi connectivity index (χ0v) is 38.5. The molecule has 0 amide bonds. The molecular formula is C44H75NO14. The van der Waals surface area contributed by atoms with E-state index in [2.05, 4.69) is 0 Å². The number of ether oxygens (including phenoxy) is 9. The number of nitrogens with zero attached hydrogens (tertiary/aromatic N) is 1. The van der Waals surface area contributed by atoms with Gasteiger partial charge in [-0.3, -0.25) is 14.4 Å². The van der Waals surface area contributed by atoms with Crippen molar-refractivity contribution in [2.75, 3.05) is 28.3 Å². The zero-order chi connectivity index (χ0) is 44.8. The second-order valence-electron chi connectivity index (χ2n) is 18.1. The molecule has 0 aromatic carbocycles. The van der Waals surface area contributed by atoms with Crippen LogP contribution in [0.15, 0.2) is 11.6 Å². The van der Waals surface area contributed by atoms with Crippen LogP contribution in [0.5, 0.6) is 0 Å². The minimum Gasteiger partial charge on any atom is -0.459 e. The zero-order valence-electron chi connectivity index (χ0n) is 38.5. The third-order valence-corrected chi connectivity index (χ3v) is 12.9. The number of aliphatic hydroxyl groups is 1. The topological polar surface area (TPSA) is 175 Å². The summed E-state index contributed by atoms with van der Waals surface area (Å²) in [4.78, 5) is 53.3. The largest absolute Gasteiger partial charge is 0.459 e. The van der Waals surface area contributed by atoms with E-state index in [9.17, 15) is 24.3 Å². The van der Waals surface area contributed by atoms with Gasteiger partial charge in [0.1, 0.15) is 23.6 Å². The van der Waals surface area contributed by atoms with Gasteiger partial charge >= 0.3 is 17.9 Å². The number of hydrogen-bond acceptors (Lipinski definition) is 15. The summed E-state index contributed by atoms with van der Waals surface area (Å²) in [6.07, 6.45) is -3.20. The maximum absolute atomic E-state index is 14.5. The summed E-state index contributed by atoms with van der Waals surface area (Å²) in [6, 6.07) is -0.247. The van der Waals surface area contributed by atoms with E-state index in [4.69, 9.17) is 42.6 Å². The van der Waals surface area contributed by atoms with Crippen LogP contribution in [0.2, 0.25) is 0 Å². The van der Waals surface area contributed by atoms with Gasteiger partial charge in [-0.2, -0.15) is 0 Å². The number of rotatable bonds is 12. The number of carbonyl (C=O) groups is 4. The molecule has 15 nitrogen and oxygen atoms in total. The first-order valence-electron chi connectivity index (χ1n) is 21.2. The maximum Gasteiger partial charge on any atom is 0.311 e. The maximum atomic E-state index is 14.5. The van der Waals surface area contributed by atoms with Crippen molar-refractivity contribution in [1.82, 2.24) is 4.90 Å². The first-order valence-corrected chi connectivity index (χ1v) is 21.2. The van der Waals surface area contributed by atoms with Crippen LogP contribution in [-0.2, 0) is 61.8 Å². The summed E-state index contributed by atoms with van der Waals surface area (Å²) in [5, 5.41) is 12.1.